The van der Waals surface area contributed by atoms with E-state index < -0.39 is 0 Å². The molecule has 1 unspecified atom stereocenters. The molecule has 0 heterocycles. The fourth-order valence-corrected chi connectivity index (χ4v) is 6.85. The maximum Gasteiger partial charge on any atom is 0.123 e. The standard InChI is InChI=1S/C29H32O2/c1-30-26-16-20-8-3-5-12-22(20)28-24(26)14-18-10-7-11-19(18)15-25-27(31-2)17-21-9-4-6-13-23(21)29(25)28/h3,5-6,8,12-13,16,18-19,27H,4,7,9-11,14-15,17H2,1-2H3/t18?,19-,27+/m0/s1. The van der Waals surface area contributed by atoms with Crippen LogP contribution in [0, 0.1) is 11.8 Å². The number of methoxy groups -OCH3 is 2. The molecule has 4 aliphatic rings. The van der Waals surface area contributed by atoms with Gasteiger partial charge < -0.3 is 9.47 Å². The topological polar surface area (TPSA) is 18.5 Å². The molecule has 0 spiro atoms. The Hall–Kier alpha value is -2.32. The number of ether oxygens (including phenoxy) is 2. The Labute approximate surface area is 185 Å². The summed E-state index contributed by atoms with van der Waals surface area (Å²) in [5.41, 5.74) is 8.92. The molecular formula is C29H32O2. The summed E-state index contributed by atoms with van der Waals surface area (Å²) in [4.78, 5) is 0. The Morgan fingerprint density at radius 2 is 1.81 bits per heavy atom. The van der Waals surface area contributed by atoms with Gasteiger partial charge in [0.05, 0.1) is 13.2 Å². The minimum atomic E-state index is 0.206. The maximum atomic E-state index is 6.19. The van der Waals surface area contributed by atoms with Crippen LogP contribution in [0.1, 0.15) is 56.1 Å². The van der Waals surface area contributed by atoms with Crippen LogP contribution in [0.3, 0.4) is 0 Å². The molecule has 31 heavy (non-hydrogen) atoms. The quantitative estimate of drug-likeness (QED) is 0.527. The lowest BCUT2D eigenvalue weighted by Crippen LogP contribution is -2.27. The Morgan fingerprint density at radius 3 is 2.65 bits per heavy atom. The minimum absolute atomic E-state index is 0.206. The molecule has 2 nitrogen and oxygen atoms in total. The Balaban J connectivity index is 1.73. The molecule has 3 atom stereocenters. The Kier molecular flexibility index (Phi) is 4.79. The van der Waals surface area contributed by atoms with Crippen molar-refractivity contribution in [2.24, 2.45) is 11.8 Å². The summed E-state index contributed by atoms with van der Waals surface area (Å²) in [6.07, 6.45) is 14.7. The lowest BCUT2D eigenvalue weighted by Gasteiger charge is -2.38. The smallest absolute Gasteiger partial charge is 0.123 e. The molecule has 1 fully saturated rings. The summed E-state index contributed by atoms with van der Waals surface area (Å²) >= 11 is 0. The lowest BCUT2D eigenvalue weighted by molar-refractivity contribution is 0.123. The van der Waals surface area contributed by atoms with E-state index >= 15 is 0 Å². The molecule has 160 valence electrons. The van der Waals surface area contributed by atoms with Gasteiger partial charge in [-0.2, -0.15) is 0 Å². The number of fused-ring (bicyclic) bond motifs is 6. The van der Waals surface area contributed by atoms with Crippen molar-refractivity contribution in [1.82, 2.24) is 0 Å². The van der Waals surface area contributed by atoms with Crippen molar-refractivity contribution in [3.63, 3.8) is 0 Å². The van der Waals surface area contributed by atoms with Crippen LogP contribution in [0.4, 0.5) is 0 Å². The average Bonchev–Trinajstić information content (AvgIpc) is 3.23. The first-order valence-electron chi connectivity index (χ1n) is 12.0. The second kappa shape index (κ2) is 7.67. The van der Waals surface area contributed by atoms with E-state index in [4.69, 9.17) is 9.47 Å². The largest absolute Gasteiger partial charge is 0.496 e. The first-order chi connectivity index (χ1) is 15.3. The summed E-state index contributed by atoms with van der Waals surface area (Å²) in [6.45, 7) is 0. The van der Waals surface area contributed by atoms with Crippen LogP contribution in [0.15, 0.2) is 59.2 Å². The van der Waals surface area contributed by atoms with E-state index in [1.165, 1.54) is 58.7 Å². The van der Waals surface area contributed by atoms with Crippen LogP contribution in [0.5, 0.6) is 5.75 Å². The highest BCUT2D eigenvalue weighted by atomic mass is 16.5. The molecule has 0 aromatic heterocycles. The van der Waals surface area contributed by atoms with E-state index in [9.17, 15) is 0 Å². The van der Waals surface area contributed by atoms with Gasteiger partial charge in [0.2, 0.25) is 0 Å². The summed E-state index contributed by atoms with van der Waals surface area (Å²) in [7, 11) is 3.75. The second-order valence-corrected chi connectivity index (χ2v) is 9.80. The molecule has 2 heteroatoms. The van der Waals surface area contributed by atoms with E-state index in [1.54, 1.807) is 11.1 Å². The van der Waals surface area contributed by atoms with E-state index in [0.29, 0.717) is 0 Å². The van der Waals surface area contributed by atoms with Gasteiger partial charge in [0.15, 0.2) is 0 Å². The minimum Gasteiger partial charge on any atom is -0.496 e. The first kappa shape index (κ1) is 19.4. The second-order valence-electron chi connectivity index (χ2n) is 9.80. The summed E-state index contributed by atoms with van der Waals surface area (Å²) in [5.74, 6) is 2.58. The van der Waals surface area contributed by atoms with Gasteiger partial charge in [0.1, 0.15) is 5.75 Å². The van der Waals surface area contributed by atoms with Crippen molar-refractivity contribution in [3.05, 3.63) is 70.3 Å². The number of hydrogen-bond donors (Lipinski definition) is 0. The van der Waals surface area contributed by atoms with E-state index in [0.717, 1.165) is 43.3 Å². The van der Waals surface area contributed by atoms with Crippen molar-refractivity contribution in [2.75, 3.05) is 14.2 Å². The van der Waals surface area contributed by atoms with Gasteiger partial charge in [-0.1, -0.05) is 48.4 Å². The van der Waals surface area contributed by atoms with Crippen LogP contribution < -0.4 is 4.74 Å². The van der Waals surface area contributed by atoms with Gasteiger partial charge in [-0.05, 0) is 95.9 Å². The van der Waals surface area contributed by atoms with E-state index in [1.807, 2.05) is 14.2 Å². The highest BCUT2D eigenvalue weighted by Crippen LogP contribution is 2.52. The van der Waals surface area contributed by atoms with Crippen molar-refractivity contribution in [3.8, 4) is 5.75 Å². The number of rotatable bonds is 2. The van der Waals surface area contributed by atoms with Gasteiger partial charge in [-0.15, -0.1) is 0 Å². The van der Waals surface area contributed by atoms with E-state index in [2.05, 4.69) is 42.5 Å². The Morgan fingerprint density at radius 1 is 0.968 bits per heavy atom. The van der Waals surface area contributed by atoms with Crippen molar-refractivity contribution in [2.45, 2.75) is 57.5 Å². The third kappa shape index (κ3) is 3.03. The molecule has 6 rings (SSSR count). The zero-order valence-corrected chi connectivity index (χ0v) is 18.7. The van der Waals surface area contributed by atoms with Crippen LogP contribution in [0.2, 0.25) is 0 Å². The zero-order chi connectivity index (χ0) is 20.9. The molecule has 0 bridgehead atoms. The zero-order valence-electron chi connectivity index (χ0n) is 18.7. The first-order valence-corrected chi connectivity index (χ1v) is 12.0. The van der Waals surface area contributed by atoms with Gasteiger partial charge in [0, 0.05) is 12.7 Å². The molecule has 4 aliphatic carbocycles. The van der Waals surface area contributed by atoms with Crippen LogP contribution in [-0.4, -0.2) is 20.3 Å². The average molecular weight is 413 g/mol. The normalized spacial score (nSPS) is 27.4. The van der Waals surface area contributed by atoms with Crippen molar-refractivity contribution in [1.29, 1.82) is 0 Å². The molecule has 1 saturated carbocycles. The fraction of sp³-hybridized carbons (Fsp3) is 0.448. The maximum absolute atomic E-state index is 6.19. The molecule has 0 radical (unpaired) electrons. The van der Waals surface area contributed by atoms with Crippen molar-refractivity contribution < 1.29 is 9.47 Å². The number of benzene rings is 2. The molecule has 2 aromatic carbocycles. The molecular weight excluding hydrogens is 380 g/mol. The van der Waals surface area contributed by atoms with E-state index in [-0.39, 0.29) is 6.10 Å². The lowest BCUT2D eigenvalue weighted by atomic mass is 9.69. The van der Waals surface area contributed by atoms with Gasteiger partial charge in [-0.3, -0.25) is 0 Å². The molecule has 0 saturated heterocycles. The highest BCUT2D eigenvalue weighted by molar-refractivity contribution is 6.03. The monoisotopic (exact) mass is 412 g/mol. The van der Waals surface area contributed by atoms with Crippen LogP contribution >= 0.6 is 0 Å². The van der Waals surface area contributed by atoms with Gasteiger partial charge in [-0.25, -0.2) is 0 Å². The third-order valence-electron chi connectivity index (χ3n) is 8.32. The molecule has 0 aliphatic heterocycles. The van der Waals surface area contributed by atoms with Crippen LogP contribution in [0.25, 0.3) is 16.3 Å². The number of allylic oxidation sites excluding steroid dienone is 4. The Bertz CT molecular complexity index is 1130. The van der Waals surface area contributed by atoms with Gasteiger partial charge in [0.25, 0.3) is 0 Å². The summed E-state index contributed by atoms with van der Waals surface area (Å²) in [6, 6.07) is 11.1. The van der Waals surface area contributed by atoms with Gasteiger partial charge >= 0.3 is 0 Å². The molecule has 0 N–H and O–H groups in total. The SMILES string of the molecule is COc1cc2ccccc2c2c1CC1CCC[C@H]1CC1=C2C2=C(CCC=C2)C[C@H]1OC. The highest BCUT2D eigenvalue weighted by Gasteiger charge is 2.39. The van der Waals surface area contributed by atoms with Crippen LogP contribution in [-0.2, 0) is 11.2 Å². The molecule has 2 aromatic rings. The third-order valence-corrected chi connectivity index (χ3v) is 8.32. The summed E-state index contributed by atoms with van der Waals surface area (Å²) in [5, 5.41) is 2.64. The predicted octanol–water partition coefficient (Wildman–Crippen LogP) is 7.03. The summed E-state index contributed by atoms with van der Waals surface area (Å²) < 4.78 is 12.2. The number of hydrogen-bond acceptors (Lipinski definition) is 2. The molecule has 0 amide bonds. The predicted molar refractivity (Wildman–Crippen MR) is 127 cm³/mol. The fourth-order valence-electron chi connectivity index (χ4n) is 6.85. The van der Waals surface area contributed by atoms with Crippen molar-refractivity contribution >= 4 is 16.3 Å².